The Morgan fingerprint density at radius 1 is 0.842 bits per heavy atom. The van der Waals surface area contributed by atoms with Crippen LogP contribution in [0.1, 0.15) is 36.9 Å². The van der Waals surface area contributed by atoms with E-state index in [0.29, 0.717) is 11.5 Å². The van der Waals surface area contributed by atoms with Crippen LogP contribution < -0.4 is 20.7 Å². The minimum atomic E-state index is 0.216. The number of rotatable bonds is 10. The van der Waals surface area contributed by atoms with E-state index < -0.39 is 0 Å². The molecule has 0 aliphatic carbocycles. The van der Waals surface area contributed by atoms with Crippen LogP contribution in [0.2, 0.25) is 0 Å². The number of anilines is 4. The first-order chi connectivity index (χ1) is 18.7. The van der Waals surface area contributed by atoms with Crippen LogP contribution in [0.25, 0.3) is 0 Å². The Morgan fingerprint density at radius 2 is 1.47 bits per heavy atom. The maximum Gasteiger partial charge on any atom is 0.159 e. The second kappa shape index (κ2) is 12.4. The van der Waals surface area contributed by atoms with Gasteiger partial charge in [0.25, 0.3) is 0 Å². The van der Waals surface area contributed by atoms with Crippen molar-refractivity contribution in [3.63, 3.8) is 0 Å². The lowest BCUT2D eigenvalue weighted by atomic mass is 9.96. The predicted octanol–water partition coefficient (Wildman–Crippen LogP) is 5.89. The van der Waals surface area contributed by atoms with Gasteiger partial charge in [-0.3, -0.25) is 4.90 Å². The Labute approximate surface area is 225 Å². The van der Waals surface area contributed by atoms with Crippen molar-refractivity contribution in [2.24, 2.45) is 0 Å². The van der Waals surface area contributed by atoms with Crippen molar-refractivity contribution in [2.45, 2.75) is 25.8 Å². The summed E-state index contributed by atoms with van der Waals surface area (Å²) in [7, 11) is 0. The number of nitrogens with one attached hydrogen (secondary N) is 1. The summed E-state index contributed by atoms with van der Waals surface area (Å²) >= 11 is 0. The number of aromatic nitrogens is 2. The van der Waals surface area contributed by atoms with Crippen LogP contribution in [-0.4, -0.2) is 47.7 Å². The molecule has 5 rings (SSSR count). The predicted molar refractivity (Wildman–Crippen MR) is 155 cm³/mol. The van der Waals surface area contributed by atoms with Gasteiger partial charge in [-0.1, -0.05) is 74.0 Å². The molecule has 2 heterocycles. The van der Waals surface area contributed by atoms with E-state index in [4.69, 9.17) is 10.5 Å². The molecular weight excluding hydrogens is 472 g/mol. The monoisotopic (exact) mass is 508 g/mol. The average Bonchev–Trinajstić information content (AvgIpc) is 2.97. The van der Waals surface area contributed by atoms with Crippen LogP contribution in [0.3, 0.4) is 0 Å². The number of nitrogens with two attached hydrogens (primary N) is 1. The molecule has 3 aromatic carbocycles. The summed E-state index contributed by atoms with van der Waals surface area (Å²) in [5, 5.41) is 3.35. The zero-order valence-corrected chi connectivity index (χ0v) is 22.0. The molecule has 196 valence electrons. The Bertz CT molecular complexity index is 1240. The smallest absolute Gasteiger partial charge is 0.159 e. The maximum atomic E-state index is 6.58. The first-order valence-corrected chi connectivity index (χ1v) is 13.4. The van der Waals surface area contributed by atoms with E-state index in [-0.39, 0.29) is 6.04 Å². The van der Waals surface area contributed by atoms with Gasteiger partial charge in [0.2, 0.25) is 0 Å². The summed E-state index contributed by atoms with van der Waals surface area (Å²) in [4.78, 5) is 13.8. The molecule has 1 aromatic heterocycles. The lowest BCUT2D eigenvalue weighted by molar-refractivity contribution is 0.212. The summed E-state index contributed by atoms with van der Waals surface area (Å²) in [5.41, 5.74) is 10.7. The topological polar surface area (TPSA) is 79.5 Å². The lowest BCUT2D eigenvalue weighted by Crippen LogP contribution is -2.48. The third-order valence-electron chi connectivity index (χ3n) is 6.96. The molecule has 0 saturated carbocycles. The van der Waals surface area contributed by atoms with Gasteiger partial charge < -0.3 is 20.7 Å². The molecule has 0 unspecified atom stereocenters. The van der Waals surface area contributed by atoms with Crippen LogP contribution in [0.4, 0.5) is 23.0 Å². The van der Waals surface area contributed by atoms with E-state index in [1.54, 1.807) is 6.33 Å². The summed E-state index contributed by atoms with van der Waals surface area (Å²) < 4.78 is 5.77. The highest BCUT2D eigenvalue weighted by Gasteiger charge is 2.28. The van der Waals surface area contributed by atoms with Gasteiger partial charge in [0.1, 0.15) is 17.8 Å². The summed E-state index contributed by atoms with van der Waals surface area (Å²) in [6.45, 7) is 6.36. The number of nitrogens with zero attached hydrogens (tertiary/aromatic N) is 4. The van der Waals surface area contributed by atoms with E-state index in [1.165, 1.54) is 11.1 Å². The molecule has 3 N–H and O–H groups in total. The lowest BCUT2D eigenvalue weighted by Gasteiger charge is -2.40. The zero-order valence-electron chi connectivity index (χ0n) is 22.0. The van der Waals surface area contributed by atoms with Crippen LogP contribution in [0.15, 0.2) is 91.3 Å². The normalized spacial score (nSPS) is 14.0. The van der Waals surface area contributed by atoms with Gasteiger partial charge in [-0.05, 0) is 41.8 Å². The van der Waals surface area contributed by atoms with Crippen LogP contribution in [0.5, 0.6) is 5.75 Å². The Hall–Kier alpha value is -4.10. The minimum absolute atomic E-state index is 0.216. The van der Waals surface area contributed by atoms with Crippen molar-refractivity contribution in [2.75, 3.05) is 48.7 Å². The summed E-state index contributed by atoms with van der Waals surface area (Å²) in [5.74, 6) is 2.25. The highest BCUT2D eigenvalue weighted by Crippen LogP contribution is 2.33. The highest BCUT2D eigenvalue weighted by atomic mass is 16.5. The van der Waals surface area contributed by atoms with Crippen molar-refractivity contribution in [1.29, 1.82) is 0 Å². The number of piperazine rings is 1. The van der Waals surface area contributed by atoms with Gasteiger partial charge in [0.15, 0.2) is 11.6 Å². The van der Waals surface area contributed by atoms with E-state index >= 15 is 0 Å². The SMILES string of the molecule is CCCCOc1ccc(Nc2ncnc(N3CCN(C(c4ccccc4)c4ccccc4)CC3)c2N)cc1. The molecule has 0 amide bonds. The average molecular weight is 509 g/mol. The second-order valence-corrected chi connectivity index (χ2v) is 9.56. The quantitative estimate of drug-likeness (QED) is 0.259. The van der Waals surface area contributed by atoms with E-state index in [0.717, 1.165) is 62.9 Å². The molecule has 1 saturated heterocycles. The fourth-order valence-corrected chi connectivity index (χ4v) is 4.92. The molecule has 1 aliphatic heterocycles. The maximum absolute atomic E-state index is 6.58. The number of nitrogen functional groups attached to an aromatic ring is 1. The van der Waals surface area contributed by atoms with Crippen molar-refractivity contribution < 1.29 is 4.74 Å². The van der Waals surface area contributed by atoms with Gasteiger partial charge in [0.05, 0.1) is 12.6 Å². The van der Waals surface area contributed by atoms with Gasteiger partial charge >= 0.3 is 0 Å². The molecule has 38 heavy (non-hydrogen) atoms. The first-order valence-electron chi connectivity index (χ1n) is 13.4. The zero-order chi connectivity index (χ0) is 26.2. The minimum Gasteiger partial charge on any atom is -0.494 e. The number of benzene rings is 3. The molecule has 0 bridgehead atoms. The second-order valence-electron chi connectivity index (χ2n) is 9.56. The van der Waals surface area contributed by atoms with Gasteiger partial charge in [-0.15, -0.1) is 0 Å². The fourth-order valence-electron chi connectivity index (χ4n) is 4.92. The standard InChI is InChI=1S/C31H36N6O/c1-2-3-22-38-27-16-14-26(15-17-27)35-30-28(32)31(34-23-33-30)37-20-18-36(19-21-37)29(24-10-6-4-7-11-24)25-12-8-5-9-13-25/h4-17,23,29H,2-3,18-22,32H2,1H3,(H,33,34,35). The van der Waals surface area contributed by atoms with Crippen LogP contribution >= 0.6 is 0 Å². The largest absolute Gasteiger partial charge is 0.494 e. The van der Waals surface area contributed by atoms with Crippen LogP contribution in [0, 0.1) is 0 Å². The Morgan fingerprint density at radius 3 is 2.08 bits per heavy atom. The third kappa shape index (κ3) is 6.06. The molecule has 1 fully saturated rings. The van der Waals surface area contributed by atoms with Gasteiger partial charge in [-0.25, -0.2) is 9.97 Å². The van der Waals surface area contributed by atoms with Gasteiger partial charge in [0, 0.05) is 31.9 Å². The molecule has 1 aliphatic rings. The molecule has 0 spiro atoms. The van der Waals surface area contributed by atoms with Crippen molar-refractivity contribution in [3.8, 4) is 5.75 Å². The number of unbranched alkanes of at least 4 members (excludes halogenated alkanes) is 1. The fraction of sp³-hybridized carbons (Fsp3) is 0.290. The Kier molecular flexibility index (Phi) is 8.36. The summed E-state index contributed by atoms with van der Waals surface area (Å²) in [6.07, 6.45) is 3.75. The molecule has 0 radical (unpaired) electrons. The molecule has 7 nitrogen and oxygen atoms in total. The molecule has 0 atom stereocenters. The Balaban J connectivity index is 1.26. The third-order valence-corrected chi connectivity index (χ3v) is 6.96. The number of ether oxygens (including phenoxy) is 1. The molecule has 4 aromatic rings. The molecular formula is C31H36N6O. The van der Waals surface area contributed by atoms with E-state index in [9.17, 15) is 0 Å². The van der Waals surface area contributed by atoms with Crippen molar-refractivity contribution in [3.05, 3.63) is 102 Å². The molecule has 7 heteroatoms. The highest BCUT2D eigenvalue weighted by molar-refractivity contribution is 5.78. The summed E-state index contributed by atoms with van der Waals surface area (Å²) in [6, 6.07) is 29.6. The van der Waals surface area contributed by atoms with E-state index in [2.05, 4.69) is 92.7 Å². The van der Waals surface area contributed by atoms with Crippen LogP contribution in [-0.2, 0) is 0 Å². The first kappa shape index (κ1) is 25.5. The van der Waals surface area contributed by atoms with Gasteiger partial charge in [-0.2, -0.15) is 0 Å². The van der Waals surface area contributed by atoms with E-state index in [1.807, 2.05) is 24.3 Å². The number of hydrogen-bond acceptors (Lipinski definition) is 7. The number of hydrogen-bond donors (Lipinski definition) is 2. The van der Waals surface area contributed by atoms with Crippen molar-refractivity contribution >= 4 is 23.0 Å². The van der Waals surface area contributed by atoms with Crippen molar-refractivity contribution in [1.82, 2.24) is 14.9 Å².